The van der Waals surface area contributed by atoms with Gasteiger partial charge in [-0.1, -0.05) is 39.5 Å². The van der Waals surface area contributed by atoms with Gasteiger partial charge >= 0.3 is 5.97 Å². The van der Waals surface area contributed by atoms with Crippen molar-refractivity contribution in [3.8, 4) is 0 Å². The van der Waals surface area contributed by atoms with Gasteiger partial charge in [0.2, 0.25) is 0 Å². The summed E-state index contributed by atoms with van der Waals surface area (Å²) >= 11 is 0. The lowest BCUT2D eigenvalue weighted by Crippen LogP contribution is -2.55. The second kappa shape index (κ2) is 6.39. The molecule has 0 aromatic carbocycles. The zero-order valence-electron chi connectivity index (χ0n) is 11.5. The van der Waals surface area contributed by atoms with Crippen LogP contribution in [-0.2, 0) is 4.79 Å². The van der Waals surface area contributed by atoms with Crippen LogP contribution in [0.4, 0.5) is 0 Å². The van der Waals surface area contributed by atoms with E-state index in [4.69, 9.17) is 0 Å². The maximum atomic E-state index is 11.7. The van der Waals surface area contributed by atoms with E-state index in [9.17, 15) is 9.90 Å². The summed E-state index contributed by atoms with van der Waals surface area (Å²) in [5, 5.41) is 9.59. The van der Waals surface area contributed by atoms with Gasteiger partial charge in [0, 0.05) is 0 Å². The van der Waals surface area contributed by atoms with Gasteiger partial charge in [-0.3, -0.25) is 9.69 Å². The van der Waals surface area contributed by atoms with Crippen LogP contribution in [0.25, 0.3) is 0 Å². The number of likely N-dealkylation sites (N-methyl/N-ethyl adjacent to an activating group) is 1. The Morgan fingerprint density at radius 1 is 1.47 bits per heavy atom. The first-order valence-corrected chi connectivity index (χ1v) is 6.97. The minimum atomic E-state index is -0.622. The van der Waals surface area contributed by atoms with Crippen LogP contribution in [0.5, 0.6) is 0 Å². The van der Waals surface area contributed by atoms with Crippen LogP contribution in [-0.4, -0.2) is 35.1 Å². The van der Waals surface area contributed by atoms with E-state index < -0.39 is 11.5 Å². The van der Waals surface area contributed by atoms with E-state index in [1.807, 2.05) is 7.05 Å². The Kier molecular flexibility index (Phi) is 5.44. The lowest BCUT2D eigenvalue weighted by molar-refractivity contribution is -0.154. The summed E-state index contributed by atoms with van der Waals surface area (Å²) in [5.41, 5.74) is -0.592. The monoisotopic (exact) mass is 241 g/mol. The lowest BCUT2D eigenvalue weighted by Gasteiger charge is -2.43. The van der Waals surface area contributed by atoms with Crippen molar-refractivity contribution < 1.29 is 9.90 Å². The number of carboxylic acids is 1. The normalized spacial score (nSPS) is 29.5. The van der Waals surface area contributed by atoms with Crippen molar-refractivity contribution >= 4 is 5.97 Å². The van der Waals surface area contributed by atoms with Crippen LogP contribution >= 0.6 is 0 Å². The van der Waals surface area contributed by atoms with E-state index in [-0.39, 0.29) is 0 Å². The largest absolute Gasteiger partial charge is 0.480 e. The third-order valence-electron chi connectivity index (χ3n) is 4.20. The Balaban J connectivity index is 2.66. The van der Waals surface area contributed by atoms with Crippen molar-refractivity contribution in [2.24, 2.45) is 5.92 Å². The predicted octanol–water partition coefficient (Wildman–Crippen LogP) is 3.14. The molecule has 0 aliphatic heterocycles. The minimum absolute atomic E-state index is 0.536. The van der Waals surface area contributed by atoms with Gasteiger partial charge < -0.3 is 5.11 Å². The number of unbranched alkanes of at least 4 members (excludes halogenated alkanes) is 2. The number of carboxylic acid groups (broad SMARTS) is 1. The fourth-order valence-corrected chi connectivity index (χ4v) is 3.04. The van der Waals surface area contributed by atoms with Crippen molar-refractivity contribution in [1.29, 1.82) is 0 Å². The van der Waals surface area contributed by atoms with E-state index in [1.165, 1.54) is 19.3 Å². The highest BCUT2D eigenvalue weighted by Gasteiger charge is 2.44. The second-order valence-electron chi connectivity index (χ2n) is 5.67. The van der Waals surface area contributed by atoms with Crippen LogP contribution in [0.15, 0.2) is 0 Å². The fourth-order valence-electron chi connectivity index (χ4n) is 3.04. The first-order chi connectivity index (χ1) is 8.03. The summed E-state index contributed by atoms with van der Waals surface area (Å²) in [6.07, 6.45) is 7.33. The standard InChI is InChI=1S/C14H27NO2/c1-4-5-6-10-15(3)14(13(16)17)9-7-8-12(2)11-14/h12H,4-11H2,1-3H3,(H,16,17). The van der Waals surface area contributed by atoms with Gasteiger partial charge in [-0.15, -0.1) is 0 Å². The van der Waals surface area contributed by atoms with Crippen LogP contribution in [0, 0.1) is 5.92 Å². The SMILES string of the molecule is CCCCCN(C)C1(C(=O)O)CCCC(C)C1. The number of hydrogen-bond donors (Lipinski definition) is 1. The molecule has 0 bridgehead atoms. The van der Waals surface area contributed by atoms with Crippen LogP contribution in [0.3, 0.4) is 0 Å². The molecule has 17 heavy (non-hydrogen) atoms. The number of aliphatic carboxylic acids is 1. The average Bonchev–Trinajstić information content (AvgIpc) is 2.28. The van der Waals surface area contributed by atoms with Crippen molar-refractivity contribution in [3.05, 3.63) is 0 Å². The molecule has 100 valence electrons. The Hall–Kier alpha value is -0.570. The minimum Gasteiger partial charge on any atom is -0.480 e. The Bertz CT molecular complexity index is 255. The maximum absolute atomic E-state index is 11.7. The molecule has 1 fully saturated rings. The van der Waals surface area contributed by atoms with E-state index in [1.54, 1.807) is 0 Å². The summed E-state index contributed by atoms with van der Waals surface area (Å²) in [5.74, 6) is -0.0866. The van der Waals surface area contributed by atoms with Crippen molar-refractivity contribution in [2.75, 3.05) is 13.6 Å². The molecule has 2 unspecified atom stereocenters. The topological polar surface area (TPSA) is 40.5 Å². The summed E-state index contributed by atoms with van der Waals surface area (Å²) in [4.78, 5) is 13.8. The second-order valence-corrected chi connectivity index (χ2v) is 5.67. The van der Waals surface area contributed by atoms with Crippen LogP contribution in [0.1, 0.15) is 58.8 Å². The molecule has 1 saturated carbocycles. The Morgan fingerprint density at radius 2 is 2.18 bits per heavy atom. The van der Waals surface area contributed by atoms with Gasteiger partial charge in [0.25, 0.3) is 0 Å². The molecule has 0 aromatic rings. The molecule has 3 nitrogen and oxygen atoms in total. The quantitative estimate of drug-likeness (QED) is 0.726. The summed E-state index contributed by atoms with van der Waals surface area (Å²) in [6, 6.07) is 0. The molecule has 1 rings (SSSR count). The lowest BCUT2D eigenvalue weighted by atomic mass is 9.75. The summed E-state index contributed by atoms with van der Waals surface area (Å²) < 4.78 is 0. The molecule has 0 spiro atoms. The number of nitrogens with zero attached hydrogens (tertiary/aromatic N) is 1. The molecule has 1 aliphatic rings. The van der Waals surface area contributed by atoms with Gasteiger partial charge in [0.15, 0.2) is 0 Å². The van der Waals surface area contributed by atoms with Crippen molar-refractivity contribution in [3.63, 3.8) is 0 Å². The highest BCUT2D eigenvalue weighted by atomic mass is 16.4. The van der Waals surface area contributed by atoms with E-state index >= 15 is 0 Å². The average molecular weight is 241 g/mol. The number of hydrogen-bond acceptors (Lipinski definition) is 2. The van der Waals surface area contributed by atoms with Gasteiger partial charge in [0.1, 0.15) is 5.54 Å². The van der Waals surface area contributed by atoms with E-state index in [0.717, 1.165) is 32.2 Å². The highest BCUT2D eigenvalue weighted by molar-refractivity contribution is 5.79. The van der Waals surface area contributed by atoms with Gasteiger partial charge in [-0.05, 0) is 38.8 Å². The van der Waals surface area contributed by atoms with Gasteiger partial charge in [0.05, 0.1) is 0 Å². The molecule has 0 amide bonds. The van der Waals surface area contributed by atoms with Crippen LogP contribution in [0.2, 0.25) is 0 Å². The summed E-state index contributed by atoms with van der Waals surface area (Å²) in [7, 11) is 1.99. The van der Waals surface area contributed by atoms with Gasteiger partial charge in [-0.2, -0.15) is 0 Å². The molecule has 0 heterocycles. The Morgan fingerprint density at radius 3 is 2.71 bits per heavy atom. The van der Waals surface area contributed by atoms with E-state index in [0.29, 0.717) is 5.92 Å². The Labute approximate surface area is 105 Å². The molecule has 0 saturated heterocycles. The first kappa shape index (κ1) is 14.5. The van der Waals surface area contributed by atoms with E-state index in [2.05, 4.69) is 18.7 Å². The molecular formula is C14H27NO2. The highest BCUT2D eigenvalue weighted by Crippen LogP contribution is 2.36. The van der Waals surface area contributed by atoms with Crippen molar-refractivity contribution in [2.45, 2.75) is 64.3 Å². The third-order valence-corrected chi connectivity index (χ3v) is 4.20. The third kappa shape index (κ3) is 3.44. The van der Waals surface area contributed by atoms with Crippen LogP contribution < -0.4 is 0 Å². The number of carbonyl (C=O) groups is 1. The number of rotatable bonds is 6. The maximum Gasteiger partial charge on any atom is 0.324 e. The molecule has 0 radical (unpaired) electrons. The first-order valence-electron chi connectivity index (χ1n) is 6.97. The molecule has 2 atom stereocenters. The molecule has 0 aromatic heterocycles. The van der Waals surface area contributed by atoms with Gasteiger partial charge in [-0.25, -0.2) is 0 Å². The smallest absolute Gasteiger partial charge is 0.324 e. The van der Waals surface area contributed by atoms with Crippen molar-refractivity contribution in [1.82, 2.24) is 4.90 Å². The zero-order chi connectivity index (χ0) is 12.9. The summed E-state index contributed by atoms with van der Waals surface area (Å²) in [6.45, 7) is 5.26. The molecular weight excluding hydrogens is 214 g/mol. The molecule has 1 aliphatic carbocycles. The zero-order valence-corrected chi connectivity index (χ0v) is 11.5. The fraction of sp³-hybridized carbons (Fsp3) is 0.929. The predicted molar refractivity (Wildman–Crippen MR) is 70.2 cm³/mol. The molecule has 3 heteroatoms. The molecule has 1 N–H and O–H groups in total.